The lowest BCUT2D eigenvalue weighted by Gasteiger charge is -2.24. The predicted molar refractivity (Wildman–Crippen MR) is 134 cm³/mol. The third-order valence-corrected chi connectivity index (χ3v) is 5.60. The van der Waals surface area contributed by atoms with E-state index in [1.165, 1.54) is 4.90 Å². The largest absolute Gasteiger partial charge is 0.409 e. The number of amides is 2. The van der Waals surface area contributed by atoms with E-state index in [1.54, 1.807) is 42.7 Å². The number of benzene rings is 3. The average Bonchev–Trinajstić information content (AvgIpc) is 3.01. The highest BCUT2D eigenvalue weighted by molar-refractivity contribution is 6.22. The van der Waals surface area contributed by atoms with Crippen molar-refractivity contribution in [2.75, 3.05) is 10.2 Å². The first kappa shape index (κ1) is 21.7. The normalized spacial score (nSPS) is 13.5. The number of amidine groups is 1. The lowest BCUT2D eigenvalue weighted by molar-refractivity contribution is -0.124. The van der Waals surface area contributed by atoms with Gasteiger partial charge in [-0.05, 0) is 35.7 Å². The highest BCUT2D eigenvalue weighted by Gasteiger charge is 2.29. The highest BCUT2D eigenvalue weighted by atomic mass is 16.4. The molecule has 0 unspecified atom stereocenters. The lowest BCUT2D eigenvalue weighted by atomic mass is 10.00. The number of hydrogen-bond acceptors (Lipinski definition) is 5. The van der Waals surface area contributed by atoms with Crippen molar-refractivity contribution in [3.63, 3.8) is 0 Å². The Morgan fingerprint density at radius 2 is 1.86 bits per heavy atom. The Hall–Kier alpha value is -5.16. The van der Waals surface area contributed by atoms with Crippen molar-refractivity contribution in [1.29, 1.82) is 0 Å². The predicted octanol–water partition coefficient (Wildman–Crippen LogP) is 3.74. The van der Waals surface area contributed by atoms with Crippen LogP contribution in [0.25, 0.3) is 10.8 Å². The van der Waals surface area contributed by atoms with Gasteiger partial charge in [0.2, 0.25) is 11.8 Å². The maximum absolute atomic E-state index is 13.3. The summed E-state index contributed by atoms with van der Waals surface area (Å²) in [6, 6.07) is 19.7. The molecule has 2 heterocycles. The van der Waals surface area contributed by atoms with Gasteiger partial charge in [-0.3, -0.25) is 19.5 Å². The minimum atomic E-state index is -0.417. The van der Waals surface area contributed by atoms with Crippen LogP contribution in [0.5, 0.6) is 0 Å². The van der Waals surface area contributed by atoms with E-state index >= 15 is 0 Å². The molecule has 1 aliphatic heterocycles. The van der Waals surface area contributed by atoms with Gasteiger partial charge in [-0.25, -0.2) is 0 Å². The number of oxime groups is 1. The van der Waals surface area contributed by atoms with Crippen LogP contribution in [0.3, 0.4) is 0 Å². The van der Waals surface area contributed by atoms with Crippen LogP contribution in [0.4, 0.5) is 17.1 Å². The molecule has 170 valence electrons. The SMILES string of the molecule is NC(=NO)c1cccc(N2C(=O)CC(=O)Nc3c2cc(C#Cc2cccnc2)c2ccccc32)c1. The van der Waals surface area contributed by atoms with Gasteiger partial charge in [0.05, 0.1) is 11.4 Å². The minimum absolute atomic E-state index is 0.0925. The van der Waals surface area contributed by atoms with E-state index in [0.717, 1.165) is 16.3 Å². The van der Waals surface area contributed by atoms with Crippen LogP contribution in [0.1, 0.15) is 23.1 Å². The number of nitrogens with zero attached hydrogens (tertiary/aromatic N) is 3. The monoisotopic (exact) mass is 461 g/mol. The number of nitrogens with two attached hydrogens (primary N) is 1. The van der Waals surface area contributed by atoms with Gasteiger partial charge in [0.1, 0.15) is 6.42 Å². The minimum Gasteiger partial charge on any atom is -0.409 e. The molecule has 3 aromatic carbocycles. The zero-order chi connectivity index (χ0) is 24.4. The summed E-state index contributed by atoms with van der Waals surface area (Å²) in [6.45, 7) is 0. The summed E-state index contributed by atoms with van der Waals surface area (Å²) in [5, 5.41) is 16.6. The van der Waals surface area contributed by atoms with Crippen LogP contribution in [-0.4, -0.2) is 27.8 Å². The van der Waals surface area contributed by atoms with Crippen LogP contribution in [0.15, 0.2) is 84.3 Å². The van der Waals surface area contributed by atoms with Crippen molar-refractivity contribution in [2.45, 2.75) is 6.42 Å². The molecule has 0 radical (unpaired) electrons. The van der Waals surface area contributed by atoms with E-state index in [9.17, 15) is 9.59 Å². The molecule has 0 fully saturated rings. The van der Waals surface area contributed by atoms with Crippen molar-refractivity contribution >= 4 is 45.5 Å². The number of hydrogen-bond donors (Lipinski definition) is 3. The van der Waals surface area contributed by atoms with Crippen molar-refractivity contribution in [2.24, 2.45) is 10.9 Å². The van der Waals surface area contributed by atoms with Crippen molar-refractivity contribution in [3.05, 3.63) is 95.8 Å². The summed E-state index contributed by atoms with van der Waals surface area (Å²) in [5.41, 5.74) is 9.10. The average molecular weight is 461 g/mol. The fourth-order valence-electron chi connectivity index (χ4n) is 4.03. The molecule has 0 saturated heterocycles. The van der Waals surface area contributed by atoms with Gasteiger partial charge in [-0.2, -0.15) is 0 Å². The van der Waals surface area contributed by atoms with Gasteiger partial charge in [0.25, 0.3) is 0 Å². The fraction of sp³-hybridized carbons (Fsp3) is 0.0370. The highest BCUT2D eigenvalue weighted by Crippen LogP contribution is 2.41. The lowest BCUT2D eigenvalue weighted by Crippen LogP contribution is -2.27. The van der Waals surface area contributed by atoms with Gasteiger partial charge >= 0.3 is 0 Å². The maximum atomic E-state index is 13.3. The zero-order valence-corrected chi connectivity index (χ0v) is 18.4. The summed E-state index contributed by atoms with van der Waals surface area (Å²) in [6.07, 6.45) is 3.01. The number of nitrogens with one attached hydrogen (secondary N) is 1. The molecule has 0 saturated carbocycles. The molecule has 35 heavy (non-hydrogen) atoms. The van der Waals surface area contributed by atoms with Gasteiger partial charge in [0, 0.05) is 40.2 Å². The number of aromatic nitrogens is 1. The first-order valence-electron chi connectivity index (χ1n) is 10.7. The van der Waals surface area contributed by atoms with Crippen LogP contribution in [0, 0.1) is 11.8 Å². The zero-order valence-electron chi connectivity index (χ0n) is 18.4. The van der Waals surface area contributed by atoms with Crippen LogP contribution in [0.2, 0.25) is 0 Å². The van der Waals surface area contributed by atoms with Gasteiger partial charge in [-0.1, -0.05) is 53.4 Å². The standard InChI is InChI=1S/C27H19N5O3/c28-27(31-35)19-6-3-7-20(13-19)32-23-14-18(11-10-17-5-4-12-29-16-17)21-8-1-2-9-22(21)26(23)30-24(33)15-25(32)34/h1-9,12-14,16,35H,15H2,(H2,28,31)(H,30,33). The van der Waals surface area contributed by atoms with Gasteiger partial charge in [-0.15, -0.1) is 0 Å². The molecule has 1 aliphatic rings. The van der Waals surface area contributed by atoms with E-state index in [4.69, 9.17) is 10.9 Å². The van der Waals surface area contributed by atoms with Crippen LogP contribution in [-0.2, 0) is 9.59 Å². The Bertz CT molecular complexity index is 1570. The van der Waals surface area contributed by atoms with E-state index in [1.807, 2.05) is 36.4 Å². The van der Waals surface area contributed by atoms with Crippen molar-refractivity contribution in [3.8, 4) is 11.8 Å². The molecule has 2 amide bonds. The smallest absolute Gasteiger partial charge is 0.241 e. The Morgan fingerprint density at radius 3 is 2.63 bits per heavy atom. The summed E-state index contributed by atoms with van der Waals surface area (Å²) >= 11 is 0. The molecule has 0 atom stereocenters. The second-order valence-corrected chi connectivity index (χ2v) is 7.85. The Kier molecular flexibility index (Phi) is 5.57. The third kappa shape index (κ3) is 4.14. The first-order valence-corrected chi connectivity index (χ1v) is 10.7. The van der Waals surface area contributed by atoms with Gasteiger partial charge in [0.15, 0.2) is 5.84 Å². The van der Waals surface area contributed by atoms with E-state index < -0.39 is 11.8 Å². The molecule has 0 spiro atoms. The topological polar surface area (TPSA) is 121 Å². The molecular formula is C27H19N5O3. The molecular weight excluding hydrogens is 442 g/mol. The first-order chi connectivity index (χ1) is 17.0. The second kappa shape index (κ2) is 9.00. The molecule has 4 N–H and O–H groups in total. The Morgan fingerprint density at radius 1 is 1.03 bits per heavy atom. The number of pyridine rings is 1. The van der Waals surface area contributed by atoms with Crippen molar-refractivity contribution < 1.29 is 14.8 Å². The maximum Gasteiger partial charge on any atom is 0.241 e. The number of rotatable bonds is 2. The summed E-state index contributed by atoms with van der Waals surface area (Å²) in [4.78, 5) is 31.5. The van der Waals surface area contributed by atoms with E-state index in [0.29, 0.717) is 28.2 Å². The third-order valence-electron chi connectivity index (χ3n) is 5.60. The second-order valence-electron chi connectivity index (χ2n) is 7.85. The van der Waals surface area contributed by atoms with Gasteiger partial charge < -0.3 is 16.3 Å². The molecule has 8 heteroatoms. The number of carbonyl (C=O) groups is 2. The van der Waals surface area contributed by atoms with Crippen LogP contribution < -0.4 is 16.0 Å². The summed E-state index contributed by atoms with van der Waals surface area (Å²) in [5.74, 6) is 5.40. The Labute approximate surface area is 200 Å². The quantitative estimate of drug-likeness (QED) is 0.105. The fourth-order valence-corrected chi connectivity index (χ4v) is 4.03. The van der Waals surface area contributed by atoms with Crippen molar-refractivity contribution in [1.82, 2.24) is 4.98 Å². The summed E-state index contributed by atoms with van der Waals surface area (Å²) < 4.78 is 0. The summed E-state index contributed by atoms with van der Waals surface area (Å²) in [7, 11) is 0. The Balaban J connectivity index is 1.76. The van der Waals surface area contributed by atoms with E-state index in [2.05, 4.69) is 27.3 Å². The van der Waals surface area contributed by atoms with E-state index in [-0.39, 0.29) is 12.3 Å². The van der Waals surface area contributed by atoms with Crippen LogP contribution >= 0.6 is 0 Å². The number of carbonyl (C=O) groups excluding carboxylic acids is 2. The molecule has 0 bridgehead atoms. The molecule has 8 nitrogen and oxygen atoms in total. The molecule has 5 rings (SSSR count). The molecule has 0 aliphatic carbocycles. The number of fused-ring (bicyclic) bond motifs is 3. The molecule has 4 aromatic rings. The number of anilines is 3. The molecule has 1 aromatic heterocycles.